The van der Waals surface area contributed by atoms with Crippen molar-refractivity contribution >= 4 is 0 Å². The summed E-state index contributed by atoms with van der Waals surface area (Å²) >= 11 is 0. The maximum absolute atomic E-state index is 5.77. The van der Waals surface area contributed by atoms with E-state index in [4.69, 9.17) is 5.73 Å². The molecule has 3 nitrogen and oxygen atoms in total. The van der Waals surface area contributed by atoms with Crippen LogP contribution in [-0.2, 0) is 13.0 Å². The first-order chi connectivity index (χ1) is 8.54. The Kier molecular flexibility index (Phi) is 3.82. The van der Waals surface area contributed by atoms with Gasteiger partial charge in [0.15, 0.2) is 0 Å². The summed E-state index contributed by atoms with van der Waals surface area (Å²) in [7, 11) is 0. The lowest BCUT2D eigenvalue weighted by Crippen LogP contribution is -2.17. The van der Waals surface area contributed by atoms with Crippen molar-refractivity contribution in [1.82, 2.24) is 9.55 Å². The quantitative estimate of drug-likeness (QED) is 0.896. The molecule has 1 heterocycles. The van der Waals surface area contributed by atoms with Gasteiger partial charge in [0.05, 0.1) is 12.0 Å². The minimum absolute atomic E-state index is 0.162. The lowest BCUT2D eigenvalue weighted by molar-refractivity contribution is 0.723. The standard InChI is InChI=1S/C15H21N3/c1-11-4-5-14(6-12(11)2)8-18-9-15(17-10-18)7-13(3)16/h4-6,9-10,13H,7-8,16H2,1-3H3. The second-order valence-corrected chi connectivity index (χ2v) is 5.14. The summed E-state index contributed by atoms with van der Waals surface area (Å²) in [6.07, 6.45) is 4.80. The predicted octanol–water partition coefficient (Wildman–Crippen LogP) is 2.44. The van der Waals surface area contributed by atoms with Crippen LogP contribution < -0.4 is 5.73 Å². The summed E-state index contributed by atoms with van der Waals surface area (Å²) < 4.78 is 2.11. The van der Waals surface area contributed by atoms with Gasteiger partial charge in [-0.15, -0.1) is 0 Å². The summed E-state index contributed by atoms with van der Waals surface area (Å²) in [5.41, 5.74) is 10.8. The molecule has 96 valence electrons. The van der Waals surface area contributed by atoms with Crippen LogP contribution in [-0.4, -0.2) is 15.6 Å². The molecule has 0 saturated heterocycles. The monoisotopic (exact) mass is 243 g/mol. The van der Waals surface area contributed by atoms with E-state index in [1.807, 2.05) is 13.3 Å². The molecule has 3 heteroatoms. The van der Waals surface area contributed by atoms with E-state index in [-0.39, 0.29) is 6.04 Å². The third-order valence-electron chi connectivity index (χ3n) is 3.15. The highest BCUT2D eigenvalue weighted by Gasteiger charge is 2.03. The number of aromatic nitrogens is 2. The van der Waals surface area contributed by atoms with Gasteiger partial charge in [-0.2, -0.15) is 0 Å². The molecule has 1 unspecified atom stereocenters. The van der Waals surface area contributed by atoms with Crippen molar-refractivity contribution in [2.24, 2.45) is 5.73 Å². The number of nitrogens with zero attached hydrogens (tertiary/aromatic N) is 2. The number of nitrogens with two attached hydrogens (primary N) is 1. The zero-order valence-corrected chi connectivity index (χ0v) is 11.4. The maximum atomic E-state index is 5.77. The van der Waals surface area contributed by atoms with Gasteiger partial charge >= 0.3 is 0 Å². The lowest BCUT2D eigenvalue weighted by Gasteiger charge is -2.06. The molecule has 0 bridgehead atoms. The van der Waals surface area contributed by atoms with Gasteiger partial charge < -0.3 is 10.3 Å². The number of aryl methyl sites for hydroxylation is 2. The van der Waals surface area contributed by atoms with Gasteiger partial charge in [0.25, 0.3) is 0 Å². The zero-order valence-electron chi connectivity index (χ0n) is 11.4. The average molecular weight is 243 g/mol. The van der Waals surface area contributed by atoms with E-state index in [0.717, 1.165) is 18.7 Å². The fourth-order valence-corrected chi connectivity index (χ4v) is 2.04. The molecule has 0 amide bonds. The SMILES string of the molecule is Cc1ccc(Cn2cnc(CC(C)N)c2)cc1C. The van der Waals surface area contributed by atoms with Gasteiger partial charge in [0.1, 0.15) is 0 Å². The van der Waals surface area contributed by atoms with Crippen molar-refractivity contribution < 1.29 is 0 Å². The van der Waals surface area contributed by atoms with E-state index in [1.54, 1.807) is 0 Å². The zero-order chi connectivity index (χ0) is 13.1. The van der Waals surface area contributed by atoms with Gasteiger partial charge in [-0.1, -0.05) is 18.2 Å². The van der Waals surface area contributed by atoms with E-state index in [1.165, 1.54) is 16.7 Å². The van der Waals surface area contributed by atoms with Crippen LogP contribution in [0.15, 0.2) is 30.7 Å². The summed E-state index contributed by atoms with van der Waals surface area (Å²) in [4.78, 5) is 4.38. The van der Waals surface area contributed by atoms with E-state index >= 15 is 0 Å². The van der Waals surface area contributed by atoms with E-state index < -0.39 is 0 Å². The molecule has 0 aliphatic heterocycles. The van der Waals surface area contributed by atoms with Crippen LogP contribution in [0, 0.1) is 13.8 Å². The Morgan fingerprint density at radius 2 is 2.06 bits per heavy atom. The summed E-state index contributed by atoms with van der Waals surface area (Å²) in [6.45, 7) is 7.15. The molecule has 2 rings (SSSR count). The molecular weight excluding hydrogens is 222 g/mol. The van der Waals surface area contributed by atoms with Crippen molar-refractivity contribution in [3.05, 3.63) is 53.1 Å². The van der Waals surface area contributed by atoms with Crippen molar-refractivity contribution in [2.75, 3.05) is 0 Å². The molecule has 18 heavy (non-hydrogen) atoms. The van der Waals surface area contributed by atoms with Crippen LogP contribution in [0.2, 0.25) is 0 Å². The molecule has 2 aromatic rings. The molecule has 0 radical (unpaired) electrons. The smallest absolute Gasteiger partial charge is 0.0952 e. The van der Waals surface area contributed by atoms with Crippen molar-refractivity contribution in [2.45, 2.75) is 39.8 Å². The van der Waals surface area contributed by atoms with Crippen molar-refractivity contribution in [3.63, 3.8) is 0 Å². The molecule has 0 fully saturated rings. The molecule has 1 atom stereocenters. The highest BCUT2D eigenvalue weighted by molar-refractivity contribution is 5.30. The van der Waals surface area contributed by atoms with Gasteiger partial charge in [-0.3, -0.25) is 0 Å². The van der Waals surface area contributed by atoms with Crippen LogP contribution in [0.3, 0.4) is 0 Å². The van der Waals surface area contributed by atoms with Gasteiger partial charge in [-0.25, -0.2) is 4.98 Å². The first-order valence-corrected chi connectivity index (χ1v) is 6.37. The molecule has 1 aromatic heterocycles. The summed E-state index contributed by atoms with van der Waals surface area (Å²) in [6, 6.07) is 6.74. The van der Waals surface area contributed by atoms with Crippen molar-refractivity contribution in [1.29, 1.82) is 0 Å². The normalized spacial score (nSPS) is 12.7. The van der Waals surface area contributed by atoms with Gasteiger partial charge in [0, 0.05) is 25.2 Å². The number of hydrogen-bond donors (Lipinski definition) is 1. The minimum atomic E-state index is 0.162. The fourth-order valence-electron chi connectivity index (χ4n) is 2.04. The molecule has 0 spiro atoms. The first-order valence-electron chi connectivity index (χ1n) is 6.37. The number of rotatable bonds is 4. The first kappa shape index (κ1) is 12.8. The Labute approximate surface area is 109 Å². The third-order valence-corrected chi connectivity index (χ3v) is 3.15. The highest BCUT2D eigenvalue weighted by Crippen LogP contribution is 2.11. The van der Waals surface area contributed by atoms with Crippen molar-refractivity contribution in [3.8, 4) is 0 Å². The van der Waals surface area contributed by atoms with Crippen LogP contribution in [0.25, 0.3) is 0 Å². The molecule has 0 aliphatic carbocycles. The van der Waals surface area contributed by atoms with E-state index in [9.17, 15) is 0 Å². The molecule has 0 saturated carbocycles. The van der Waals surface area contributed by atoms with E-state index in [0.29, 0.717) is 0 Å². The lowest BCUT2D eigenvalue weighted by atomic mass is 10.1. The van der Waals surface area contributed by atoms with Crippen LogP contribution in [0.4, 0.5) is 0 Å². The van der Waals surface area contributed by atoms with Gasteiger partial charge in [0.2, 0.25) is 0 Å². The minimum Gasteiger partial charge on any atom is -0.333 e. The number of benzene rings is 1. The second kappa shape index (κ2) is 5.36. The molecular formula is C15H21N3. The average Bonchev–Trinajstić information content (AvgIpc) is 2.70. The Hall–Kier alpha value is -1.61. The fraction of sp³-hybridized carbons (Fsp3) is 0.400. The van der Waals surface area contributed by atoms with Gasteiger partial charge in [-0.05, 0) is 37.5 Å². The highest BCUT2D eigenvalue weighted by atomic mass is 15.0. The third kappa shape index (κ3) is 3.20. The number of hydrogen-bond acceptors (Lipinski definition) is 2. The maximum Gasteiger partial charge on any atom is 0.0952 e. The Bertz CT molecular complexity index is 526. The summed E-state index contributed by atoms with van der Waals surface area (Å²) in [5.74, 6) is 0. The Balaban J connectivity index is 2.08. The van der Waals surface area contributed by atoms with Crippen LogP contribution >= 0.6 is 0 Å². The summed E-state index contributed by atoms with van der Waals surface area (Å²) in [5, 5.41) is 0. The van der Waals surface area contributed by atoms with Crippen LogP contribution in [0.5, 0.6) is 0 Å². The predicted molar refractivity (Wildman–Crippen MR) is 74.6 cm³/mol. The molecule has 0 aliphatic rings. The molecule has 2 N–H and O–H groups in total. The topological polar surface area (TPSA) is 43.8 Å². The van der Waals surface area contributed by atoms with Crippen LogP contribution in [0.1, 0.15) is 29.3 Å². The number of imidazole rings is 1. The second-order valence-electron chi connectivity index (χ2n) is 5.14. The molecule has 1 aromatic carbocycles. The Morgan fingerprint density at radius 3 is 2.72 bits per heavy atom. The largest absolute Gasteiger partial charge is 0.333 e. The van der Waals surface area contributed by atoms with E-state index in [2.05, 4.69) is 47.8 Å². The Morgan fingerprint density at radius 1 is 1.28 bits per heavy atom.